The zero-order valence-corrected chi connectivity index (χ0v) is 8.76. The predicted molar refractivity (Wildman–Crippen MR) is 51.7 cm³/mol. The van der Waals surface area contributed by atoms with Gasteiger partial charge in [0.05, 0.1) is 18.0 Å². The lowest BCUT2D eigenvalue weighted by Crippen LogP contribution is -2.38. The predicted octanol–water partition coefficient (Wildman–Crippen LogP) is -1.34. The molecule has 0 aromatic heterocycles. The summed E-state index contributed by atoms with van der Waals surface area (Å²) in [6.45, 7) is 1.62. The quantitative estimate of drug-likeness (QED) is 0.361. The standard InChI is InChI=1S/C8H9NO5S/c1-2-14-8(11)6-3-5(15(12)13)4-9-7(6)10/h3H,2,4H2,1H3,(H,9,10). The van der Waals surface area contributed by atoms with E-state index in [1.807, 2.05) is 0 Å². The van der Waals surface area contributed by atoms with Gasteiger partial charge >= 0.3 is 5.97 Å². The molecule has 82 valence electrons. The minimum Gasteiger partial charge on any atom is -0.462 e. The fourth-order valence-electron chi connectivity index (χ4n) is 1.01. The molecule has 1 aliphatic heterocycles. The molecule has 0 fully saturated rings. The van der Waals surface area contributed by atoms with E-state index in [4.69, 9.17) is 0 Å². The van der Waals surface area contributed by atoms with Crippen LogP contribution in [0.15, 0.2) is 11.6 Å². The highest BCUT2D eigenvalue weighted by Crippen LogP contribution is 2.03. The molecule has 0 bridgehead atoms. The van der Waals surface area contributed by atoms with Crippen molar-refractivity contribution in [2.75, 3.05) is 13.2 Å². The number of hydrogen-bond acceptors (Lipinski definition) is 5. The Bertz CT molecular complexity index is 451. The molecule has 15 heavy (non-hydrogen) atoms. The van der Waals surface area contributed by atoms with Crippen LogP contribution in [0, 0.1) is 0 Å². The highest BCUT2D eigenvalue weighted by atomic mass is 32.2. The molecule has 0 unspecified atom stereocenters. The zero-order valence-electron chi connectivity index (χ0n) is 7.94. The summed E-state index contributed by atoms with van der Waals surface area (Å²) in [6.07, 6.45) is 1.03. The molecule has 6 nitrogen and oxygen atoms in total. The fourth-order valence-corrected chi connectivity index (χ4v) is 1.41. The van der Waals surface area contributed by atoms with Gasteiger partial charge in [-0.25, -0.2) is 4.79 Å². The van der Waals surface area contributed by atoms with E-state index in [1.165, 1.54) is 0 Å². The van der Waals surface area contributed by atoms with Crippen LogP contribution in [0.25, 0.3) is 0 Å². The molecule has 1 N–H and O–H groups in total. The summed E-state index contributed by atoms with van der Waals surface area (Å²) in [5.74, 6) is -1.44. The highest BCUT2D eigenvalue weighted by molar-refractivity contribution is 7.73. The van der Waals surface area contributed by atoms with Gasteiger partial charge in [0.2, 0.25) is 10.3 Å². The van der Waals surface area contributed by atoms with Gasteiger partial charge in [-0.3, -0.25) is 4.79 Å². The van der Waals surface area contributed by atoms with E-state index in [0.29, 0.717) is 0 Å². The van der Waals surface area contributed by atoms with E-state index < -0.39 is 22.2 Å². The molecule has 0 saturated carbocycles. The lowest BCUT2D eigenvalue weighted by atomic mass is 10.1. The summed E-state index contributed by atoms with van der Waals surface area (Å²) in [5, 5.41) is 2.26. The van der Waals surface area contributed by atoms with E-state index in [0.717, 1.165) is 6.08 Å². The molecule has 0 atom stereocenters. The lowest BCUT2D eigenvalue weighted by molar-refractivity contribution is -0.140. The molecular weight excluding hydrogens is 222 g/mol. The Kier molecular flexibility index (Phi) is 3.62. The molecule has 1 rings (SSSR count). The molecule has 0 aromatic carbocycles. The van der Waals surface area contributed by atoms with E-state index >= 15 is 0 Å². The van der Waals surface area contributed by atoms with Crippen molar-refractivity contribution >= 4 is 27.0 Å². The SMILES string of the molecule is CCOC(=O)C1=CC(=S(=O)=O)CNC1=O. The first-order valence-corrected chi connectivity index (χ1v) is 5.25. The van der Waals surface area contributed by atoms with Crippen LogP contribution < -0.4 is 5.32 Å². The van der Waals surface area contributed by atoms with Crippen LogP contribution in [0.4, 0.5) is 0 Å². The Morgan fingerprint density at radius 3 is 2.80 bits per heavy atom. The lowest BCUT2D eigenvalue weighted by Gasteiger charge is -2.12. The molecule has 0 radical (unpaired) electrons. The van der Waals surface area contributed by atoms with Gasteiger partial charge in [-0.2, -0.15) is 8.42 Å². The highest BCUT2D eigenvalue weighted by Gasteiger charge is 2.24. The third-order valence-electron chi connectivity index (χ3n) is 1.68. The average Bonchev–Trinajstić information content (AvgIpc) is 2.18. The second-order valence-electron chi connectivity index (χ2n) is 2.66. The Morgan fingerprint density at radius 2 is 2.27 bits per heavy atom. The van der Waals surface area contributed by atoms with Crippen LogP contribution in [-0.4, -0.2) is 38.3 Å². The van der Waals surface area contributed by atoms with Crippen LogP contribution in [0.5, 0.6) is 0 Å². The van der Waals surface area contributed by atoms with Crippen molar-refractivity contribution < 1.29 is 22.7 Å². The van der Waals surface area contributed by atoms with Crippen molar-refractivity contribution in [3.8, 4) is 0 Å². The fraction of sp³-hybridized carbons (Fsp3) is 0.375. The molecule has 0 spiro atoms. The smallest absolute Gasteiger partial charge is 0.343 e. The van der Waals surface area contributed by atoms with Crippen molar-refractivity contribution in [3.63, 3.8) is 0 Å². The summed E-state index contributed by atoms with van der Waals surface area (Å²) in [5.41, 5.74) is -0.290. The molecular formula is C8H9NO5S. The number of amides is 1. The summed E-state index contributed by atoms with van der Waals surface area (Å²) < 4.78 is 25.8. The van der Waals surface area contributed by atoms with Crippen LogP contribution in [0.2, 0.25) is 0 Å². The number of carbonyl (C=O) groups excluding carboxylic acids is 2. The van der Waals surface area contributed by atoms with Crippen molar-refractivity contribution in [1.82, 2.24) is 5.32 Å². The van der Waals surface area contributed by atoms with Crippen molar-refractivity contribution in [2.45, 2.75) is 6.92 Å². The van der Waals surface area contributed by atoms with Gasteiger partial charge in [0.1, 0.15) is 5.57 Å². The minimum absolute atomic E-state index is 0.0438. The Morgan fingerprint density at radius 1 is 1.60 bits per heavy atom. The van der Waals surface area contributed by atoms with E-state index in [2.05, 4.69) is 10.1 Å². The third kappa shape index (κ3) is 2.66. The van der Waals surface area contributed by atoms with Gasteiger partial charge in [0, 0.05) is 0 Å². The van der Waals surface area contributed by atoms with Crippen LogP contribution in [-0.2, 0) is 24.6 Å². The van der Waals surface area contributed by atoms with Gasteiger partial charge in [-0.1, -0.05) is 0 Å². The summed E-state index contributed by atoms with van der Waals surface area (Å²) >= 11 is 0. The second-order valence-corrected chi connectivity index (χ2v) is 3.66. The molecule has 1 aliphatic rings. The van der Waals surface area contributed by atoms with Crippen molar-refractivity contribution in [2.24, 2.45) is 0 Å². The Labute approximate surface area is 87.4 Å². The second kappa shape index (κ2) is 4.74. The maximum Gasteiger partial charge on any atom is 0.343 e. The average molecular weight is 231 g/mol. The number of nitrogens with one attached hydrogen (secondary N) is 1. The maximum absolute atomic E-state index is 11.2. The van der Waals surface area contributed by atoms with E-state index in [-0.39, 0.29) is 23.6 Å². The number of carbonyl (C=O) groups is 2. The molecule has 0 saturated heterocycles. The molecule has 1 heterocycles. The number of rotatable bonds is 2. The van der Waals surface area contributed by atoms with E-state index in [9.17, 15) is 18.0 Å². The number of ether oxygens (including phenoxy) is 1. The van der Waals surface area contributed by atoms with Crippen LogP contribution in [0.1, 0.15) is 6.92 Å². The normalized spacial score (nSPS) is 15.4. The van der Waals surface area contributed by atoms with Crippen molar-refractivity contribution in [3.05, 3.63) is 11.6 Å². The van der Waals surface area contributed by atoms with Crippen LogP contribution >= 0.6 is 0 Å². The van der Waals surface area contributed by atoms with Gasteiger partial charge in [-0.05, 0) is 13.0 Å². The first-order valence-electron chi connectivity index (χ1n) is 4.18. The zero-order chi connectivity index (χ0) is 11.4. The van der Waals surface area contributed by atoms with Crippen LogP contribution in [0.3, 0.4) is 0 Å². The topological polar surface area (TPSA) is 89.5 Å². The van der Waals surface area contributed by atoms with Gasteiger partial charge in [0.25, 0.3) is 5.91 Å². The van der Waals surface area contributed by atoms with E-state index in [1.54, 1.807) is 6.92 Å². The molecule has 7 heteroatoms. The van der Waals surface area contributed by atoms with Gasteiger partial charge in [-0.15, -0.1) is 0 Å². The van der Waals surface area contributed by atoms with Gasteiger partial charge < -0.3 is 10.1 Å². The number of hydrogen-bond donors (Lipinski definition) is 1. The van der Waals surface area contributed by atoms with Crippen molar-refractivity contribution in [1.29, 1.82) is 0 Å². The molecule has 0 aliphatic carbocycles. The number of esters is 1. The largest absolute Gasteiger partial charge is 0.462 e. The summed E-state index contributed by atoms with van der Waals surface area (Å²) in [4.78, 5) is 22.4. The van der Waals surface area contributed by atoms with Gasteiger partial charge in [0.15, 0.2) is 0 Å². The molecule has 1 amide bonds. The molecule has 0 aromatic rings. The first-order chi connectivity index (χ1) is 7.06. The summed E-state index contributed by atoms with van der Waals surface area (Å²) in [7, 11) is -2.44. The third-order valence-corrected chi connectivity index (χ3v) is 2.37. The maximum atomic E-state index is 11.2. The Balaban J connectivity index is 3.09. The monoisotopic (exact) mass is 231 g/mol. The minimum atomic E-state index is -2.44. The Hall–Kier alpha value is -1.63. The summed E-state index contributed by atoms with van der Waals surface area (Å²) in [6, 6.07) is 0. The first kappa shape index (κ1) is 11.4.